The summed E-state index contributed by atoms with van der Waals surface area (Å²) in [6.45, 7) is 5.86. The number of nitrogens with one attached hydrogen (secondary N) is 1. The van der Waals surface area contributed by atoms with Gasteiger partial charge in [0.05, 0.1) is 5.69 Å². The molecule has 0 radical (unpaired) electrons. The standard InChI is InChI=1S/C17H23N5O5S4/c1-17(2,3)27-16(26)19-4-5-28-6-8-15(31-21-20-8)30-9-7-29-13-10(18)12(23)22(13)11(9)14(24)25/h10,13H,4-7,18H2,1-3H3,(H,19,26)(H,24,25)/t10-,13+/m1/s1. The molecule has 170 valence electrons. The SMILES string of the molecule is CC(C)(C)OC(=O)NCCSCc1nnsc1SC1=C(C(=O)O)N2C(=O)[C@@H](N)[C@@H]2SC1. The highest BCUT2D eigenvalue weighted by Gasteiger charge is 2.52. The lowest BCUT2D eigenvalue weighted by Crippen LogP contribution is -2.68. The van der Waals surface area contributed by atoms with E-state index in [0.717, 1.165) is 9.90 Å². The van der Waals surface area contributed by atoms with Crippen molar-refractivity contribution >= 4 is 64.8 Å². The molecule has 0 unspecified atom stereocenters. The van der Waals surface area contributed by atoms with Crippen molar-refractivity contribution in [2.75, 3.05) is 18.1 Å². The van der Waals surface area contributed by atoms with Crippen LogP contribution in [0, 0.1) is 0 Å². The van der Waals surface area contributed by atoms with E-state index in [1.165, 1.54) is 40.0 Å². The first kappa shape index (κ1) is 24.2. The molecule has 2 amide bonds. The van der Waals surface area contributed by atoms with E-state index in [2.05, 4.69) is 14.9 Å². The highest BCUT2D eigenvalue weighted by atomic mass is 32.2. The van der Waals surface area contributed by atoms with E-state index >= 15 is 0 Å². The molecule has 0 spiro atoms. The summed E-state index contributed by atoms with van der Waals surface area (Å²) in [5.41, 5.74) is 5.98. The number of nitrogens with two attached hydrogens (primary N) is 1. The van der Waals surface area contributed by atoms with Crippen LogP contribution < -0.4 is 11.1 Å². The van der Waals surface area contributed by atoms with E-state index in [0.29, 0.717) is 28.7 Å². The van der Waals surface area contributed by atoms with E-state index in [-0.39, 0.29) is 17.0 Å². The largest absolute Gasteiger partial charge is 0.477 e. The Morgan fingerprint density at radius 3 is 2.84 bits per heavy atom. The smallest absolute Gasteiger partial charge is 0.407 e. The van der Waals surface area contributed by atoms with Crippen LogP contribution >= 0.6 is 46.8 Å². The molecule has 1 aromatic heterocycles. The van der Waals surface area contributed by atoms with Crippen LogP contribution in [0.15, 0.2) is 14.8 Å². The number of alkyl carbamates (subject to hydrolysis) is 1. The minimum Gasteiger partial charge on any atom is -0.477 e. The summed E-state index contributed by atoms with van der Waals surface area (Å²) in [6, 6.07) is -0.655. The number of carbonyl (C=O) groups excluding carboxylic acids is 2. The van der Waals surface area contributed by atoms with Crippen LogP contribution in [-0.4, -0.2) is 72.6 Å². The van der Waals surface area contributed by atoms with Gasteiger partial charge in [0.1, 0.15) is 26.9 Å². The van der Waals surface area contributed by atoms with Gasteiger partial charge in [-0.2, -0.15) is 11.8 Å². The third kappa shape index (κ3) is 5.86. The van der Waals surface area contributed by atoms with Crippen molar-refractivity contribution in [2.45, 2.75) is 47.8 Å². The van der Waals surface area contributed by atoms with Gasteiger partial charge in [0.2, 0.25) is 5.91 Å². The Balaban J connectivity index is 1.55. The number of hydrogen-bond donors (Lipinski definition) is 3. The fourth-order valence-electron chi connectivity index (χ4n) is 2.75. The summed E-state index contributed by atoms with van der Waals surface area (Å²) in [5.74, 6) is 0.159. The van der Waals surface area contributed by atoms with Crippen molar-refractivity contribution in [1.82, 2.24) is 19.8 Å². The molecule has 0 bridgehead atoms. The van der Waals surface area contributed by atoms with Gasteiger partial charge in [-0.05, 0) is 32.3 Å². The molecule has 3 heterocycles. The molecule has 14 heteroatoms. The van der Waals surface area contributed by atoms with Crippen LogP contribution in [0.25, 0.3) is 0 Å². The topological polar surface area (TPSA) is 148 Å². The van der Waals surface area contributed by atoms with E-state index < -0.39 is 23.7 Å². The molecule has 1 saturated heterocycles. The van der Waals surface area contributed by atoms with Gasteiger partial charge in [-0.25, -0.2) is 9.59 Å². The number of carboxylic acid groups (broad SMARTS) is 1. The molecular weight excluding hydrogens is 482 g/mol. The molecule has 0 aliphatic carbocycles. The zero-order chi connectivity index (χ0) is 22.8. The van der Waals surface area contributed by atoms with Gasteiger partial charge in [0.25, 0.3) is 0 Å². The van der Waals surface area contributed by atoms with Gasteiger partial charge in [0, 0.05) is 28.7 Å². The average molecular weight is 506 g/mol. The van der Waals surface area contributed by atoms with Gasteiger partial charge >= 0.3 is 12.1 Å². The highest BCUT2D eigenvalue weighted by Crippen LogP contribution is 2.45. The molecule has 4 N–H and O–H groups in total. The van der Waals surface area contributed by atoms with Crippen molar-refractivity contribution in [3.8, 4) is 0 Å². The molecule has 2 atom stereocenters. The minimum absolute atomic E-state index is 0.00554. The maximum atomic E-state index is 12.1. The first-order chi connectivity index (χ1) is 14.6. The molecule has 2 aliphatic heterocycles. The van der Waals surface area contributed by atoms with Crippen LogP contribution in [-0.2, 0) is 20.1 Å². The number of ether oxygens (including phenoxy) is 1. The van der Waals surface area contributed by atoms with Crippen molar-refractivity contribution < 1.29 is 24.2 Å². The van der Waals surface area contributed by atoms with Gasteiger partial charge in [-0.1, -0.05) is 16.3 Å². The summed E-state index contributed by atoms with van der Waals surface area (Å²) in [7, 11) is 0. The summed E-state index contributed by atoms with van der Waals surface area (Å²) in [5, 5.41) is 16.2. The van der Waals surface area contributed by atoms with Crippen molar-refractivity contribution in [3.63, 3.8) is 0 Å². The van der Waals surface area contributed by atoms with E-state index in [4.69, 9.17) is 10.5 Å². The second-order valence-electron chi connectivity index (χ2n) is 7.60. The van der Waals surface area contributed by atoms with Gasteiger partial charge in [0.15, 0.2) is 0 Å². The number of fused-ring (bicyclic) bond motifs is 1. The fraction of sp³-hybridized carbons (Fsp3) is 0.588. The summed E-state index contributed by atoms with van der Waals surface area (Å²) < 4.78 is 9.96. The molecular formula is C17H23N5O5S4. The summed E-state index contributed by atoms with van der Waals surface area (Å²) >= 11 is 5.50. The first-order valence-electron chi connectivity index (χ1n) is 9.29. The normalized spacial score (nSPS) is 20.9. The Labute approximate surface area is 196 Å². The number of aromatic nitrogens is 2. The first-order valence-corrected chi connectivity index (χ1v) is 13.1. The van der Waals surface area contributed by atoms with Gasteiger partial charge in [-0.3, -0.25) is 9.69 Å². The highest BCUT2D eigenvalue weighted by molar-refractivity contribution is 8.07. The Bertz CT molecular complexity index is 900. The number of aliphatic carboxylic acids is 1. The second kappa shape index (κ2) is 9.98. The van der Waals surface area contributed by atoms with Gasteiger partial charge < -0.3 is 20.9 Å². The molecule has 0 saturated carbocycles. The number of nitrogens with zero attached hydrogens (tertiary/aromatic N) is 3. The molecule has 1 aromatic rings. The van der Waals surface area contributed by atoms with Crippen LogP contribution in [0.1, 0.15) is 26.5 Å². The lowest BCUT2D eigenvalue weighted by Gasteiger charge is -2.47. The van der Waals surface area contributed by atoms with Gasteiger partial charge in [-0.15, -0.1) is 16.9 Å². The van der Waals surface area contributed by atoms with E-state index in [1.54, 1.807) is 32.5 Å². The molecule has 10 nitrogen and oxygen atoms in total. The Morgan fingerprint density at radius 1 is 1.42 bits per heavy atom. The zero-order valence-corrected chi connectivity index (χ0v) is 20.4. The van der Waals surface area contributed by atoms with Crippen LogP contribution in [0.4, 0.5) is 4.79 Å². The van der Waals surface area contributed by atoms with E-state index in [9.17, 15) is 19.5 Å². The maximum absolute atomic E-state index is 12.1. The van der Waals surface area contributed by atoms with Crippen LogP contribution in [0.2, 0.25) is 0 Å². The molecule has 3 rings (SSSR count). The lowest BCUT2D eigenvalue weighted by atomic mass is 10.1. The number of carboxylic acids is 1. The van der Waals surface area contributed by atoms with Crippen LogP contribution in [0.3, 0.4) is 0 Å². The Morgan fingerprint density at radius 2 is 2.16 bits per heavy atom. The Hall–Kier alpha value is -1.48. The lowest BCUT2D eigenvalue weighted by molar-refractivity contribution is -0.147. The zero-order valence-electron chi connectivity index (χ0n) is 17.1. The van der Waals surface area contributed by atoms with Crippen LogP contribution in [0.5, 0.6) is 0 Å². The number of carbonyl (C=O) groups is 3. The Kier molecular flexibility index (Phi) is 7.78. The summed E-state index contributed by atoms with van der Waals surface area (Å²) in [6.07, 6.45) is -0.457. The number of thioether (sulfide) groups is 3. The average Bonchev–Trinajstić information content (AvgIpc) is 3.12. The number of amides is 2. The monoisotopic (exact) mass is 505 g/mol. The third-order valence-electron chi connectivity index (χ3n) is 4.07. The fourth-order valence-corrected chi connectivity index (χ4v) is 7.02. The van der Waals surface area contributed by atoms with Crippen molar-refractivity contribution in [1.29, 1.82) is 0 Å². The molecule has 0 aromatic carbocycles. The third-order valence-corrected chi connectivity index (χ3v) is 8.56. The summed E-state index contributed by atoms with van der Waals surface area (Å²) in [4.78, 5) is 37.4. The predicted octanol–water partition coefficient (Wildman–Crippen LogP) is 1.93. The predicted molar refractivity (Wildman–Crippen MR) is 122 cm³/mol. The number of hydrogen-bond acceptors (Lipinski definition) is 11. The minimum atomic E-state index is -1.14. The van der Waals surface area contributed by atoms with Crippen molar-refractivity contribution in [2.24, 2.45) is 5.73 Å². The number of rotatable bonds is 8. The van der Waals surface area contributed by atoms with E-state index in [1.807, 2.05) is 0 Å². The maximum Gasteiger partial charge on any atom is 0.407 e. The van der Waals surface area contributed by atoms with Crippen molar-refractivity contribution in [3.05, 3.63) is 16.3 Å². The second-order valence-corrected chi connectivity index (χ2v) is 11.9. The molecule has 31 heavy (non-hydrogen) atoms. The molecule has 1 fully saturated rings. The number of β-lactam (4-membered cyclic amide) rings is 1. The molecule has 2 aliphatic rings. The quantitative estimate of drug-likeness (QED) is 0.351.